The molecule has 0 unspecified atom stereocenters. The van der Waals surface area contributed by atoms with Gasteiger partial charge in [-0.2, -0.15) is 13.2 Å². The van der Waals surface area contributed by atoms with E-state index < -0.39 is 17.8 Å². The van der Waals surface area contributed by atoms with Gasteiger partial charge in [-0.05, 0) is 36.4 Å². The van der Waals surface area contributed by atoms with Gasteiger partial charge in [0.15, 0.2) is 0 Å². The van der Waals surface area contributed by atoms with Crippen LogP contribution in [0.15, 0.2) is 48.5 Å². The molecule has 0 aliphatic heterocycles. The smallest absolute Gasteiger partial charge is 0.308 e. The quantitative estimate of drug-likeness (QED) is 0.797. The fraction of sp³-hybridized carbons (Fsp3) is 0.0625. The first-order valence-electron chi connectivity index (χ1n) is 6.20. The van der Waals surface area contributed by atoms with Crippen LogP contribution < -0.4 is 10.6 Å². The van der Waals surface area contributed by atoms with Gasteiger partial charge < -0.3 is 10.6 Å². The zero-order valence-electron chi connectivity index (χ0n) is 11.2. The molecule has 2 amide bonds. The summed E-state index contributed by atoms with van der Waals surface area (Å²) in [4.78, 5) is 11.8. The summed E-state index contributed by atoms with van der Waals surface area (Å²) in [6, 6.07) is 10.3. The van der Waals surface area contributed by atoms with Gasteiger partial charge in [0.2, 0.25) is 0 Å². The van der Waals surface area contributed by atoms with E-state index in [0.717, 1.165) is 12.1 Å². The van der Waals surface area contributed by atoms with Crippen molar-refractivity contribution in [1.82, 2.24) is 0 Å². The van der Waals surface area contributed by atoms with Crippen LogP contribution in [0.25, 0.3) is 0 Å². The molecule has 0 aromatic heterocycles. The molecule has 2 aromatic rings. The molecule has 0 aliphatic rings. The van der Waals surface area contributed by atoms with Gasteiger partial charge >= 0.3 is 12.2 Å². The highest BCUT2D eigenvalue weighted by molar-refractivity contribution is 5.99. The van der Waals surface area contributed by atoms with Crippen LogP contribution in [-0.2, 0) is 6.18 Å². The predicted molar refractivity (Wildman–Crippen MR) is 78.5 cm³/mol. The predicted octanol–water partition coefficient (Wildman–Crippen LogP) is 4.33. The molecule has 0 saturated carbocycles. The number of hydrogen-bond donors (Lipinski definition) is 2. The van der Waals surface area contributed by atoms with Crippen molar-refractivity contribution in [1.29, 1.82) is 0 Å². The van der Waals surface area contributed by atoms with Crippen LogP contribution >= 0.6 is 0 Å². The van der Waals surface area contributed by atoms with Gasteiger partial charge in [-0.3, -0.25) is 0 Å². The summed E-state index contributed by atoms with van der Waals surface area (Å²) >= 11 is 0. The van der Waals surface area contributed by atoms with Gasteiger partial charge in [0, 0.05) is 16.9 Å². The number of halogens is 3. The summed E-state index contributed by atoms with van der Waals surface area (Å²) in [5.74, 6) is 2.42. The summed E-state index contributed by atoms with van der Waals surface area (Å²) in [6.07, 6.45) is 0.783. The highest BCUT2D eigenvalue weighted by atomic mass is 19.4. The Hall–Kier alpha value is -2.94. The number of hydrogen-bond acceptors (Lipinski definition) is 1. The molecule has 0 bridgehead atoms. The third kappa shape index (κ3) is 4.03. The summed E-state index contributed by atoms with van der Waals surface area (Å²) in [5.41, 5.74) is 0.233. The molecule has 2 aromatic carbocycles. The highest BCUT2D eigenvalue weighted by Crippen LogP contribution is 2.30. The van der Waals surface area contributed by atoms with Crippen LogP contribution in [0.1, 0.15) is 11.1 Å². The fourth-order valence-electron chi connectivity index (χ4n) is 1.75. The summed E-state index contributed by atoms with van der Waals surface area (Å²) in [6.45, 7) is 0. The van der Waals surface area contributed by atoms with E-state index in [1.54, 1.807) is 24.3 Å². The second-order valence-corrected chi connectivity index (χ2v) is 4.38. The average molecular weight is 304 g/mol. The van der Waals surface area contributed by atoms with Crippen molar-refractivity contribution < 1.29 is 18.0 Å². The molecule has 6 heteroatoms. The molecular weight excluding hydrogens is 293 g/mol. The Morgan fingerprint density at radius 1 is 1.00 bits per heavy atom. The SMILES string of the molecule is C#Cc1cccc(NC(=O)Nc2cccc(C(F)(F)F)c2)c1. The normalized spacial score (nSPS) is 10.6. The number of carbonyl (C=O) groups excluding carboxylic acids is 1. The molecule has 0 saturated heterocycles. The van der Waals surface area contributed by atoms with Gasteiger partial charge in [-0.15, -0.1) is 6.42 Å². The van der Waals surface area contributed by atoms with E-state index >= 15 is 0 Å². The molecule has 0 atom stereocenters. The lowest BCUT2D eigenvalue weighted by atomic mass is 10.2. The van der Waals surface area contributed by atoms with Gasteiger partial charge in [0.05, 0.1) is 5.56 Å². The number of terminal acetylenes is 1. The third-order valence-corrected chi connectivity index (χ3v) is 2.73. The van der Waals surface area contributed by atoms with E-state index in [1.807, 2.05) is 0 Å². The van der Waals surface area contributed by atoms with Crippen molar-refractivity contribution in [2.75, 3.05) is 10.6 Å². The molecule has 0 radical (unpaired) electrons. The Morgan fingerprint density at radius 3 is 2.18 bits per heavy atom. The van der Waals surface area contributed by atoms with E-state index in [-0.39, 0.29) is 5.69 Å². The minimum Gasteiger partial charge on any atom is -0.308 e. The zero-order chi connectivity index (χ0) is 16.2. The van der Waals surface area contributed by atoms with Crippen LogP contribution in [0.4, 0.5) is 29.3 Å². The molecule has 0 spiro atoms. The maximum atomic E-state index is 12.6. The fourth-order valence-corrected chi connectivity index (χ4v) is 1.75. The Balaban J connectivity index is 2.08. The van der Waals surface area contributed by atoms with E-state index in [1.165, 1.54) is 12.1 Å². The minimum atomic E-state index is -4.46. The number of alkyl halides is 3. The minimum absolute atomic E-state index is 0.0421. The third-order valence-electron chi connectivity index (χ3n) is 2.73. The van der Waals surface area contributed by atoms with Crippen molar-refractivity contribution in [3.63, 3.8) is 0 Å². The first-order valence-corrected chi connectivity index (χ1v) is 6.20. The lowest BCUT2D eigenvalue weighted by molar-refractivity contribution is -0.137. The average Bonchev–Trinajstić information content (AvgIpc) is 2.46. The second-order valence-electron chi connectivity index (χ2n) is 4.38. The maximum absolute atomic E-state index is 12.6. The molecular formula is C16H11F3N2O. The second kappa shape index (κ2) is 6.22. The van der Waals surface area contributed by atoms with Crippen LogP contribution in [0.3, 0.4) is 0 Å². The topological polar surface area (TPSA) is 41.1 Å². The Kier molecular flexibility index (Phi) is 4.37. The van der Waals surface area contributed by atoms with Crippen molar-refractivity contribution >= 4 is 17.4 Å². The molecule has 2 N–H and O–H groups in total. The van der Waals surface area contributed by atoms with Crippen LogP contribution in [-0.4, -0.2) is 6.03 Å². The monoisotopic (exact) mass is 304 g/mol. The van der Waals surface area contributed by atoms with Crippen molar-refractivity contribution in [3.05, 3.63) is 59.7 Å². The van der Waals surface area contributed by atoms with Crippen LogP contribution in [0.5, 0.6) is 0 Å². The van der Waals surface area contributed by atoms with Crippen molar-refractivity contribution in [2.45, 2.75) is 6.18 Å². The first kappa shape index (κ1) is 15.4. The van der Waals surface area contributed by atoms with Crippen LogP contribution in [0, 0.1) is 12.3 Å². The Labute approximate surface area is 125 Å². The molecule has 3 nitrogen and oxygen atoms in total. The Morgan fingerprint density at radius 2 is 1.59 bits per heavy atom. The number of anilines is 2. The molecule has 22 heavy (non-hydrogen) atoms. The standard InChI is InChI=1S/C16H11F3N2O/c1-2-11-5-3-7-13(9-11)20-15(22)21-14-8-4-6-12(10-14)16(17,18)19/h1,3-10H,(H2,20,21,22). The van der Waals surface area contributed by atoms with E-state index in [0.29, 0.717) is 11.3 Å². The van der Waals surface area contributed by atoms with Gasteiger partial charge in [-0.1, -0.05) is 18.1 Å². The highest BCUT2D eigenvalue weighted by Gasteiger charge is 2.30. The lowest BCUT2D eigenvalue weighted by Gasteiger charge is -2.11. The molecule has 0 fully saturated rings. The lowest BCUT2D eigenvalue weighted by Crippen LogP contribution is -2.19. The number of carbonyl (C=O) groups is 1. The molecule has 2 rings (SSSR count). The van der Waals surface area contributed by atoms with Crippen molar-refractivity contribution in [3.8, 4) is 12.3 Å². The van der Waals surface area contributed by atoms with Gasteiger partial charge in [0.1, 0.15) is 0 Å². The first-order chi connectivity index (χ1) is 10.4. The molecule has 0 aliphatic carbocycles. The van der Waals surface area contributed by atoms with E-state index in [2.05, 4.69) is 16.6 Å². The van der Waals surface area contributed by atoms with Crippen LogP contribution in [0.2, 0.25) is 0 Å². The number of amides is 2. The summed E-state index contributed by atoms with van der Waals surface area (Å²) in [5, 5.41) is 4.84. The van der Waals surface area contributed by atoms with Gasteiger partial charge in [0.25, 0.3) is 0 Å². The van der Waals surface area contributed by atoms with E-state index in [4.69, 9.17) is 6.42 Å². The van der Waals surface area contributed by atoms with Crippen molar-refractivity contribution in [2.24, 2.45) is 0 Å². The maximum Gasteiger partial charge on any atom is 0.416 e. The number of rotatable bonds is 2. The zero-order valence-corrected chi connectivity index (χ0v) is 11.2. The number of nitrogens with one attached hydrogen (secondary N) is 2. The van der Waals surface area contributed by atoms with E-state index in [9.17, 15) is 18.0 Å². The summed E-state index contributed by atoms with van der Waals surface area (Å²) in [7, 11) is 0. The summed E-state index contributed by atoms with van der Waals surface area (Å²) < 4.78 is 37.8. The molecule has 0 heterocycles. The number of benzene rings is 2. The molecule has 112 valence electrons. The largest absolute Gasteiger partial charge is 0.416 e. The Bertz CT molecular complexity index is 733. The van der Waals surface area contributed by atoms with Gasteiger partial charge in [-0.25, -0.2) is 4.79 Å². The number of urea groups is 1.